The van der Waals surface area contributed by atoms with Crippen LogP contribution < -0.4 is 5.32 Å². The molecule has 1 amide bonds. The Kier molecular flexibility index (Phi) is 4.36. The maximum atomic E-state index is 11.1. The molecule has 1 saturated carbocycles. The number of carbonyl (C=O) groups is 1. The summed E-state index contributed by atoms with van der Waals surface area (Å²) in [4.78, 5) is 11.1. The number of hydrogen-bond acceptors (Lipinski definition) is 2. The fraction of sp³-hybridized carbons (Fsp3) is 0.889. The van der Waals surface area contributed by atoms with E-state index in [0.29, 0.717) is 6.61 Å². The fourth-order valence-corrected chi connectivity index (χ4v) is 1.92. The number of nitrogens with one attached hydrogen (secondary N) is 1. The van der Waals surface area contributed by atoms with Crippen LogP contribution in [0.3, 0.4) is 0 Å². The van der Waals surface area contributed by atoms with Crippen LogP contribution in [0, 0.1) is 0 Å². The number of alkyl halides is 1. The molecule has 2 atom stereocenters. The van der Waals surface area contributed by atoms with Crippen molar-refractivity contribution in [2.45, 2.75) is 44.0 Å². The Morgan fingerprint density at radius 3 is 2.85 bits per heavy atom. The summed E-state index contributed by atoms with van der Waals surface area (Å²) in [5, 5.41) is 2.84. The Morgan fingerprint density at radius 1 is 1.54 bits per heavy atom. The number of carbonyl (C=O) groups excluding carboxylic acids is 1. The van der Waals surface area contributed by atoms with Crippen LogP contribution in [0.15, 0.2) is 0 Å². The molecule has 0 aromatic heterocycles. The van der Waals surface area contributed by atoms with Crippen LogP contribution in [0.4, 0.5) is 4.79 Å². The van der Waals surface area contributed by atoms with Crippen LogP contribution >= 0.6 is 11.6 Å². The Balaban J connectivity index is 2.29. The van der Waals surface area contributed by atoms with Crippen LogP contribution in [-0.2, 0) is 4.74 Å². The second-order valence-corrected chi connectivity index (χ2v) is 3.83. The third-order valence-electron chi connectivity index (χ3n) is 2.26. The number of ether oxygens (including phenoxy) is 1. The van der Waals surface area contributed by atoms with E-state index >= 15 is 0 Å². The molecule has 3 nitrogen and oxygen atoms in total. The summed E-state index contributed by atoms with van der Waals surface area (Å²) in [5.41, 5.74) is 0. The van der Waals surface area contributed by atoms with Crippen molar-refractivity contribution in [3.05, 3.63) is 0 Å². The average Bonchev–Trinajstić information content (AvgIpc) is 2.09. The predicted molar refractivity (Wildman–Crippen MR) is 52.1 cm³/mol. The van der Waals surface area contributed by atoms with Crippen molar-refractivity contribution in [3.63, 3.8) is 0 Å². The first-order chi connectivity index (χ1) is 6.24. The summed E-state index contributed by atoms with van der Waals surface area (Å²) >= 11 is 6.06. The first-order valence-corrected chi connectivity index (χ1v) is 5.25. The summed E-state index contributed by atoms with van der Waals surface area (Å²) in [6, 6.07) is 0.0921. The molecule has 0 aromatic rings. The van der Waals surface area contributed by atoms with Crippen molar-refractivity contribution in [3.8, 4) is 0 Å². The van der Waals surface area contributed by atoms with E-state index in [1.165, 1.54) is 0 Å². The Hall–Kier alpha value is -0.440. The normalized spacial score (nSPS) is 28.2. The molecule has 4 heteroatoms. The van der Waals surface area contributed by atoms with E-state index in [9.17, 15) is 4.79 Å². The van der Waals surface area contributed by atoms with Crippen molar-refractivity contribution in [2.24, 2.45) is 0 Å². The second kappa shape index (κ2) is 5.32. The quantitative estimate of drug-likeness (QED) is 0.703. The molecule has 0 bridgehead atoms. The minimum absolute atomic E-state index is 0.0677. The molecule has 13 heavy (non-hydrogen) atoms. The highest BCUT2D eigenvalue weighted by Crippen LogP contribution is 2.22. The first kappa shape index (κ1) is 10.6. The lowest BCUT2D eigenvalue weighted by atomic mass is 9.95. The molecular weight excluding hydrogens is 190 g/mol. The molecule has 0 unspecified atom stereocenters. The van der Waals surface area contributed by atoms with Crippen molar-refractivity contribution >= 4 is 17.7 Å². The molecule has 0 heterocycles. The molecule has 0 aliphatic heterocycles. The number of rotatable bonds is 2. The van der Waals surface area contributed by atoms with Crippen LogP contribution in [-0.4, -0.2) is 24.1 Å². The van der Waals surface area contributed by atoms with Crippen LogP contribution in [0.25, 0.3) is 0 Å². The lowest BCUT2D eigenvalue weighted by Crippen LogP contribution is -2.43. The van der Waals surface area contributed by atoms with E-state index in [1.807, 2.05) is 0 Å². The molecule has 1 rings (SSSR count). The third-order valence-corrected chi connectivity index (χ3v) is 2.78. The van der Waals surface area contributed by atoms with E-state index < -0.39 is 0 Å². The second-order valence-electron chi connectivity index (χ2n) is 3.27. The monoisotopic (exact) mass is 205 g/mol. The number of alkyl carbamates (subject to hydrolysis) is 1. The maximum Gasteiger partial charge on any atom is 0.407 e. The van der Waals surface area contributed by atoms with Gasteiger partial charge >= 0.3 is 6.09 Å². The van der Waals surface area contributed by atoms with Gasteiger partial charge in [0.1, 0.15) is 0 Å². The van der Waals surface area contributed by atoms with Gasteiger partial charge in [-0.15, -0.1) is 11.6 Å². The minimum Gasteiger partial charge on any atom is -0.450 e. The zero-order valence-corrected chi connectivity index (χ0v) is 8.64. The van der Waals surface area contributed by atoms with Gasteiger partial charge in [-0.05, 0) is 19.8 Å². The van der Waals surface area contributed by atoms with E-state index in [1.54, 1.807) is 6.92 Å². The lowest BCUT2D eigenvalue weighted by Gasteiger charge is -2.27. The van der Waals surface area contributed by atoms with E-state index in [-0.39, 0.29) is 17.5 Å². The van der Waals surface area contributed by atoms with Crippen molar-refractivity contribution < 1.29 is 9.53 Å². The highest BCUT2D eigenvalue weighted by atomic mass is 35.5. The Labute approximate surface area is 83.8 Å². The zero-order valence-electron chi connectivity index (χ0n) is 7.88. The molecule has 1 aliphatic rings. The molecule has 1 fully saturated rings. The van der Waals surface area contributed by atoms with Gasteiger partial charge in [0.05, 0.1) is 12.0 Å². The largest absolute Gasteiger partial charge is 0.450 e. The smallest absolute Gasteiger partial charge is 0.407 e. The fourth-order valence-electron chi connectivity index (χ4n) is 1.57. The van der Waals surface area contributed by atoms with Crippen molar-refractivity contribution in [1.29, 1.82) is 0 Å². The van der Waals surface area contributed by atoms with Crippen LogP contribution in [0.1, 0.15) is 32.6 Å². The molecule has 0 radical (unpaired) electrons. The molecule has 0 spiro atoms. The number of amides is 1. The predicted octanol–water partition coefficient (Wildman–Crippen LogP) is 2.28. The molecule has 0 saturated heterocycles. The molecule has 1 aliphatic carbocycles. The molecule has 76 valence electrons. The highest BCUT2D eigenvalue weighted by molar-refractivity contribution is 6.21. The summed E-state index contributed by atoms with van der Waals surface area (Å²) in [6.45, 7) is 2.20. The van der Waals surface area contributed by atoms with Crippen molar-refractivity contribution in [2.75, 3.05) is 6.61 Å². The number of halogens is 1. The zero-order chi connectivity index (χ0) is 9.68. The summed E-state index contributed by atoms with van der Waals surface area (Å²) in [6.07, 6.45) is 3.90. The lowest BCUT2D eigenvalue weighted by molar-refractivity contribution is 0.145. The van der Waals surface area contributed by atoms with Gasteiger partial charge in [-0.3, -0.25) is 0 Å². The standard InChI is InChI=1S/C9H16ClNO2/c1-2-13-9(12)11-8-6-4-3-5-7(8)10/h7-8H,2-6H2,1H3,(H,11,12)/t7-,8+/m1/s1. The summed E-state index contributed by atoms with van der Waals surface area (Å²) in [7, 11) is 0. The van der Waals surface area contributed by atoms with Gasteiger partial charge in [-0.2, -0.15) is 0 Å². The summed E-state index contributed by atoms with van der Waals surface area (Å²) < 4.78 is 4.78. The first-order valence-electron chi connectivity index (χ1n) is 4.81. The summed E-state index contributed by atoms with van der Waals surface area (Å²) in [5.74, 6) is 0. The topological polar surface area (TPSA) is 38.3 Å². The van der Waals surface area contributed by atoms with E-state index in [4.69, 9.17) is 16.3 Å². The third kappa shape index (κ3) is 3.43. The van der Waals surface area contributed by atoms with Gasteiger partial charge in [-0.1, -0.05) is 12.8 Å². The average molecular weight is 206 g/mol. The maximum absolute atomic E-state index is 11.1. The highest BCUT2D eigenvalue weighted by Gasteiger charge is 2.24. The van der Waals surface area contributed by atoms with Crippen molar-refractivity contribution in [1.82, 2.24) is 5.32 Å². The molecular formula is C9H16ClNO2. The molecule has 1 N–H and O–H groups in total. The van der Waals surface area contributed by atoms with E-state index in [0.717, 1.165) is 25.7 Å². The van der Waals surface area contributed by atoms with Crippen LogP contribution in [0.2, 0.25) is 0 Å². The van der Waals surface area contributed by atoms with Crippen LogP contribution in [0.5, 0.6) is 0 Å². The van der Waals surface area contributed by atoms with E-state index in [2.05, 4.69) is 5.32 Å². The Morgan fingerprint density at radius 2 is 2.23 bits per heavy atom. The van der Waals surface area contributed by atoms with Gasteiger partial charge in [0.15, 0.2) is 0 Å². The van der Waals surface area contributed by atoms with Gasteiger partial charge in [0.25, 0.3) is 0 Å². The van der Waals surface area contributed by atoms with Gasteiger partial charge < -0.3 is 10.1 Å². The Bertz CT molecular complexity index is 175. The minimum atomic E-state index is -0.347. The van der Waals surface area contributed by atoms with Gasteiger partial charge in [0, 0.05) is 6.04 Å². The molecule has 0 aromatic carbocycles. The SMILES string of the molecule is CCOC(=O)N[C@H]1CCCC[C@H]1Cl. The van der Waals surface area contributed by atoms with Gasteiger partial charge in [-0.25, -0.2) is 4.79 Å². The van der Waals surface area contributed by atoms with Gasteiger partial charge in [0.2, 0.25) is 0 Å². The number of hydrogen-bond donors (Lipinski definition) is 1.